The molecular weight excluding hydrogens is 298 g/mol. The van der Waals surface area contributed by atoms with Crippen LogP contribution in [0, 0.1) is 13.8 Å². The van der Waals surface area contributed by atoms with E-state index >= 15 is 0 Å². The summed E-state index contributed by atoms with van der Waals surface area (Å²) in [5.74, 6) is 0. The first kappa shape index (κ1) is 16.6. The lowest BCUT2D eigenvalue weighted by Gasteiger charge is -2.42. The summed E-state index contributed by atoms with van der Waals surface area (Å²) in [5, 5.41) is 0. The van der Waals surface area contributed by atoms with Crippen molar-refractivity contribution in [3.8, 4) is 0 Å². The molecule has 0 radical (unpaired) electrons. The number of nitrogens with zero attached hydrogens (tertiary/aromatic N) is 3. The van der Waals surface area contributed by atoms with Crippen LogP contribution in [0.2, 0.25) is 0 Å². The van der Waals surface area contributed by atoms with Gasteiger partial charge >= 0.3 is 0 Å². The average Bonchev–Trinajstić information content (AvgIpc) is 3.26. The van der Waals surface area contributed by atoms with Crippen LogP contribution in [0.1, 0.15) is 49.6 Å². The lowest BCUT2D eigenvalue weighted by Crippen LogP contribution is -2.54. The number of aryl methyl sites for hydroxylation is 1. The molecule has 0 aromatic carbocycles. The molecule has 1 aromatic heterocycles. The molecule has 3 fully saturated rings. The maximum absolute atomic E-state index is 5.85. The van der Waals surface area contributed by atoms with Crippen LogP contribution < -0.4 is 0 Å². The standard InChI is InChI=1S/C20H33N3O/c1-15-10-18(17(3)23(15)14-20-7-5-9-24-20)12-22-13-19-6-4-8-21(19)11-16(22)2/h10,16,19-20H,4-9,11-14H2,1-3H3/t16-,19-,20+/m0/s1. The average molecular weight is 332 g/mol. The summed E-state index contributed by atoms with van der Waals surface area (Å²) in [6.45, 7) is 13.9. The Morgan fingerprint density at radius 2 is 2.04 bits per heavy atom. The van der Waals surface area contributed by atoms with Crippen molar-refractivity contribution in [1.29, 1.82) is 0 Å². The van der Waals surface area contributed by atoms with Gasteiger partial charge in [-0.25, -0.2) is 0 Å². The Balaban J connectivity index is 1.46. The van der Waals surface area contributed by atoms with Crippen molar-refractivity contribution in [2.45, 2.75) is 77.7 Å². The van der Waals surface area contributed by atoms with Crippen LogP contribution in [0.3, 0.4) is 0 Å². The minimum atomic E-state index is 0.420. The van der Waals surface area contributed by atoms with Crippen LogP contribution in [0.5, 0.6) is 0 Å². The molecule has 24 heavy (non-hydrogen) atoms. The van der Waals surface area contributed by atoms with Crippen molar-refractivity contribution in [1.82, 2.24) is 14.4 Å². The second kappa shape index (κ2) is 6.81. The maximum Gasteiger partial charge on any atom is 0.0754 e. The summed E-state index contributed by atoms with van der Waals surface area (Å²) in [4.78, 5) is 5.42. The molecule has 0 saturated carbocycles. The Bertz CT molecular complexity index is 576. The normalized spacial score (nSPS) is 31.7. The summed E-state index contributed by atoms with van der Waals surface area (Å²) in [6, 6.07) is 3.88. The van der Waals surface area contributed by atoms with E-state index in [-0.39, 0.29) is 0 Å². The van der Waals surface area contributed by atoms with Crippen LogP contribution in [-0.4, -0.2) is 58.8 Å². The predicted molar refractivity (Wildman–Crippen MR) is 97.3 cm³/mol. The zero-order chi connectivity index (χ0) is 16.7. The zero-order valence-electron chi connectivity index (χ0n) is 15.6. The molecular formula is C20H33N3O. The van der Waals surface area contributed by atoms with Crippen molar-refractivity contribution < 1.29 is 4.74 Å². The third-order valence-electron chi connectivity index (χ3n) is 6.53. The molecule has 4 rings (SSSR count). The van der Waals surface area contributed by atoms with Gasteiger partial charge in [0.05, 0.1) is 6.10 Å². The minimum Gasteiger partial charge on any atom is -0.376 e. The molecule has 4 nitrogen and oxygen atoms in total. The first-order valence-corrected chi connectivity index (χ1v) is 9.87. The third kappa shape index (κ3) is 3.16. The van der Waals surface area contributed by atoms with Gasteiger partial charge in [-0.15, -0.1) is 0 Å². The summed E-state index contributed by atoms with van der Waals surface area (Å²) in [6.07, 6.45) is 5.64. The molecule has 0 amide bonds. The SMILES string of the molecule is Cc1cc(CN2C[C@@H]3CCCN3C[C@@H]2C)c(C)n1C[C@H]1CCCO1. The molecule has 3 aliphatic heterocycles. The summed E-state index contributed by atoms with van der Waals surface area (Å²) >= 11 is 0. The Hall–Kier alpha value is -0.840. The number of fused-ring (bicyclic) bond motifs is 1. The Kier molecular flexibility index (Phi) is 4.72. The molecule has 0 unspecified atom stereocenters. The molecule has 3 atom stereocenters. The van der Waals surface area contributed by atoms with E-state index in [1.807, 2.05) is 0 Å². The van der Waals surface area contributed by atoms with Gasteiger partial charge in [-0.05, 0) is 64.6 Å². The predicted octanol–water partition coefficient (Wildman–Crippen LogP) is 2.95. The molecule has 1 aromatic rings. The van der Waals surface area contributed by atoms with Gasteiger partial charge in [0.2, 0.25) is 0 Å². The van der Waals surface area contributed by atoms with Crippen molar-refractivity contribution in [3.63, 3.8) is 0 Å². The third-order valence-corrected chi connectivity index (χ3v) is 6.53. The molecule has 0 spiro atoms. The number of piperazine rings is 1. The number of hydrogen-bond acceptors (Lipinski definition) is 3. The van der Waals surface area contributed by atoms with Crippen LogP contribution in [0.4, 0.5) is 0 Å². The van der Waals surface area contributed by atoms with Crippen LogP contribution >= 0.6 is 0 Å². The lowest BCUT2D eigenvalue weighted by molar-refractivity contribution is 0.0538. The molecule has 3 aliphatic rings. The smallest absolute Gasteiger partial charge is 0.0754 e. The number of ether oxygens (including phenoxy) is 1. The van der Waals surface area contributed by atoms with Gasteiger partial charge < -0.3 is 9.30 Å². The van der Waals surface area contributed by atoms with E-state index in [1.54, 1.807) is 0 Å². The molecule has 4 heterocycles. The van der Waals surface area contributed by atoms with Crippen molar-refractivity contribution in [2.24, 2.45) is 0 Å². The van der Waals surface area contributed by atoms with Crippen molar-refractivity contribution >= 4 is 0 Å². The van der Waals surface area contributed by atoms with Crippen LogP contribution in [-0.2, 0) is 17.8 Å². The molecule has 0 N–H and O–H groups in total. The molecule has 134 valence electrons. The van der Waals surface area contributed by atoms with E-state index < -0.39 is 0 Å². The Morgan fingerprint density at radius 3 is 2.83 bits per heavy atom. The second-order valence-electron chi connectivity index (χ2n) is 8.21. The van der Waals surface area contributed by atoms with Gasteiger partial charge in [-0.3, -0.25) is 9.80 Å². The van der Waals surface area contributed by atoms with E-state index in [4.69, 9.17) is 4.74 Å². The van der Waals surface area contributed by atoms with Crippen LogP contribution in [0.25, 0.3) is 0 Å². The van der Waals surface area contributed by atoms with Gasteiger partial charge in [0.25, 0.3) is 0 Å². The van der Waals surface area contributed by atoms with Gasteiger partial charge in [0.15, 0.2) is 0 Å². The van der Waals surface area contributed by atoms with Crippen molar-refractivity contribution in [2.75, 3.05) is 26.2 Å². The Morgan fingerprint density at radius 1 is 1.17 bits per heavy atom. The number of rotatable bonds is 4. The highest BCUT2D eigenvalue weighted by atomic mass is 16.5. The number of aromatic nitrogens is 1. The fraction of sp³-hybridized carbons (Fsp3) is 0.800. The highest BCUT2D eigenvalue weighted by Gasteiger charge is 2.34. The topological polar surface area (TPSA) is 20.6 Å². The quantitative estimate of drug-likeness (QED) is 0.846. The monoisotopic (exact) mass is 331 g/mol. The molecule has 0 bridgehead atoms. The fourth-order valence-electron chi connectivity index (χ4n) is 4.99. The fourth-order valence-corrected chi connectivity index (χ4v) is 4.99. The molecule has 4 heteroatoms. The molecule has 3 saturated heterocycles. The van der Waals surface area contributed by atoms with Gasteiger partial charge in [0, 0.05) is 56.3 Å². The summed E-state index contributed by atoms with van der Waals surface area (Å²) in [5.41, 5.74) is 4.36. The first-order chi connectivity index (χ1) is 11.6. The van der Waals surface area contributed by atoms with Gasteiger partial charge in [0.1, 0.15) is 0 Å². The highest BCUT2D eigenvalue weighted by molar-refractivity contribution is 5.27. The van der Waals surface area contributed by atoms with Gasteiger partial charge in [-0.1, -0.05) is 0 Å². The van der Waals surface area contributed by atoms with E-state index in [1.165, 1.54) is 62.3 Å². The van der Waals surface area contributed by atoms with E-state index in [0.29, 0.717) is 12.1 Å². The van der Waals surface area contributed by atoms with Crippen LogP contribution in [0.15, 0.2) is 6.07 Å². The second-order valence-corrected chi connectivity index (χ2v) is 8.21. The largest absolute Gasteiger partial charge is 0.376 e. The van der Waals surface area contributed by atoms with E-state index in [9.17, 15) is 0 Å². The molecule has 0 aliphatic carbocycles. The lowest BCUT2D eigenvalue weighted by atomic mass is 10.1. The van der Waals surface area contributed by atoms with E-state index in [0.717, 1.165) is 25.7 Å². The van der Waals surface area contributed by atoms with E-state index in [2.05, 4.69) is 41.2 Å². The first-order valence-electron chi connectivity index (χ1n) is 9.87. The summed E-state index contributed by atoms with van der Waals surface area (Å²) in [7, 11) is 0. The zero-order valence-corrected chi connectivity index (χ0v) is 15.6. The Labute approximate surface area is 146 Å². The number of hydrogen-bond donors (Lipinski definition) is 0. The maximum atomic E-state index is 5.85. The van der Waals surface area contributed by atoms with Crippen molar-refractivity contribution in [3.05, 3.63) is 23.0 Å². The van der Waals surface area contributed by atoms with Gasteiger partial charge in [-0.2, -0.15) is 0 Å². The highest BCUT2D eigenvalue weighted by Crippen LogP contribution is 2.27. The minimum absolute atomic E-state index is 0.420. The summed E-state index contributed by atoms with van der Waals surface area (Å²) < 4.78 is 8.34.